The lowest BCUT2D eigenvalue weighted by atomic mass is 10.3. The van der Waals surface area contributed by atoms with Crippen LogP contribution in [0.3, 0.4) is 0 Å². The topological polar surface area (TPSA) is 34.1 Å². The van der Waals surface area contributed by atoms with Crippen LogP contribution in [0.1, 0.15) is 0 Å². The molecule has 0 aliphatic carbocycles. The van der Waals surface area contributed by atoms with Crippen LogP contribution in [0.2, 0.25) is 0 Å². The van der Waals surface area contributed by atoms with Gasteiger partial charge in [0.15, 0.2) is 6.29 Å². The minimum absolute atomic E-state index is 0.464. The molecule has 0 fully saturated rings. The largest absolute Gasteiger partial charge is 0.300 e. The fourth-order valence-corrected chi connectivity index (χ4v) is 0.187. The third-order valence-electron chi connectivity index (χ3n) is 0.606. The molecule has 0 N–H and O–H groups in total. The number of carbonyl (C=O) groups is 2. The first-order chi connectivity index (χ1) is 4.09. The Balaban J connectivity index is 3.87. The third-order valence-corrected chi connectivity index (χ3v) is 0.606. The molecule has 1 unspecified atom stereocenters. The van der Waals surface area contributed by atoms with E-state index >= 15 is 0 Å². The molecule has 0 rings (SSSR count). The molecule has 0 spiro atoms. The summed E-state index contributed by atoms with van der Waals surface area (Å²) in [5.41, 5.74) is 0. The molecular formula is C4H3F3O2. The smallest absolute Gasteiger partial charge is 0.299 e. The van der Waals surface area contributed by atoms with Crippen LogP contribution in [0, 0.1) is 0 Å². The highest BCUT2D eigenvalue weighted by Crippen LogP contribution is 1.99. The van der Waals surface area contributed by atoms with Gasteiger partial charge in [-0.3, -0.25) is 9.59 Å². The Labute approximate surface area is 48.7 Å². The number of aldehydes is 1. The van der Waals surface area contributed by atoms with Gasteiger partial charge in [-0.1, -0.05) is 0 Å². The van der Waals surface area contributed by atoms with Gasteiger partial charge in [-0.15, -0.1) is 0 Å². The Kier molecular flexibility index (Phi) is 2.90. The predicted molar refractivity (Wildman–Crippen MR) is 22.0 cm³/mol. The van der Waals surface area contributed by atoms with E-state index in [4.69, 9.17) is 0 Å². The summed E-state index contributed by atoms with van der Waals surface area (Å²) in [6, 6.07) is 0. The van der Waals surface area contributed by atoms with Gasteiger partial charge in [-0.05, 0) is 0 Å². The summed E-state index contributed by atoms with van der Waals surface area (Å²) in [5, 5.41) is 0. The van der Waals surface area contributed by atoms with Crippen LogP contribution in [0.15, 0.2) is 0 Å². The number of hydrogen-bond donors (Lipinski definition) is 0. The Bertz CT molecular complexity index is 123. The van der Waals surface area contributed by atoms with Crippen LogP contribution in [-0.2, 0) is 9.59 Å². The summed E-state index contributed by atoms with van der Waals surface area (Å²) >= 11 is 0. The predicted octanol–water partition coefficient (Wildman–Crippen LogP) is 0.358. The maximum atomic E-state index is 11.6. The first-order valence-corrected chi connectivity index (χ1v) is 2.01. The number of halogens is 3. The summed E-state index contributed by atoms with van der Waals surface area (Å²) in [4.78, 5) is 19.0. The van der Waals surface area contributed by atoms with E-state index in [1.54, 1.807) is 0 Å². The van der Waals surface area contributed by atoms with Crippen LogP contribution in [0.4, 0.5) is 13.2 Å². The van der Waals surface area contributed by atoms with E-state index in [1.165, 1.54) is 0 Å². The fraction of sp³-hybridized carbons (Fsp3) is 0.500. The Hall–Kier alpha value is -0.870. The van der Waals surface area contributed by atoms with Crippen molar-refractivity contribution < 1.29 is 22.8 Å². The summed E-state index contributed by atoms with van der Waals surface area (Å²) < 4.78 is 33.8. The zero-order chi connectivity index (χ0) is 7.44. The van der Waals surface area contributed by atoms with E-state index < -0.39 is 24.7 Å². The van der Waals surface area contributed by atoms with E-state index in [-0.39, 0.29) is 0 Å². The second kappa shape index (κ2) is 3.21. The van der Waals surface area contributed by atoms with Gasteiger partial charge in [0.25, 0.3) is 6.43 Å². The van der Waals surface area contributed by atoms with Gasteiger partial charge >= 0.3 is 0 Å². The maximum Gasteiger partial charge on any atom is 0.299 e. The SMILES string of the molecule is O=CC(F)C(=O)C(F)F. The Morgan fingerprint density at radius 2 is 1.78 bits per heavy atom. The molecule has 1 atom stereocenters. The summed E-state index contributed by atoms with van der Waals surface area (Å²) in [5.74, 6) is -1.98. The maximum absolute atomic E-state index is 11.6. The first kappa shape index (κ1) is 8.13. The van der Waals surface area contributed by atoms with E-state index in [2.05, 4.69) is 0 Å². The molecule has 9 heavy (non-hydrogen) atoms. The molecule has 0 radical (unpaired) electrons. The monoisotopic (exact) mass is 140 g/mol. The Morgan fingerprint density at radius 1 is 1.33 bits per heavy atom. The highest BCUT2D eigenvalue weighted by Gasteiger charge is 2.25. The number of hydrogen-bond acceptors (Lipinski definition) is 2. The van der Waals surface area contributed by atoms with Crippen LogP contribution in [0.5, 0.6) is 0 Å². The lowest BCUT2D eigenvalue weighted by molar-refractivity contribution is -0.137. The highest BCUT2D eigenvalue weighted by atomic mass is 19.3. The summed E-state index contributed by atoms with van der Waals surface area (Å²) in [6.45, 7) is 0. The molecule has 0 heterocycles. The lowest BCUT2D eigenvalue weighted by Crippen LogP contribution is -2.23. The second-order valence-corrected chi connectivity index (χ2v) is 1.24. The van der Waals surface area contributed by atoms with E-state index in [1.807, 2.05) is 0 Å². The molecule has 0 aromatic rings. The van der Waals surface area contributed by atoms with Crippen LogP contribution >= 0.6 is 0 Å². The molecule has 2 nitrogen and oxygen atoms in total. The minimum atomic E-state index is -3.40. The van der Waals surface area contributed by atoms with Crippen LogP contribution < -0.4 is 0 Å². The van der Waals surface area contributed by atoms with Gasteiger partial charge in [-0.2, -0.15) is 0 Å². The van der Waals surface area contributed by atoms with Crippen molar-refractivity contribution in [3.05, 3.63) is 0 Å². The molecule has 5 heteroatoms. The Morgan fingerprint density at radius 3 is 1.89 bits per heavy atom. The zero-order valence-electron chi connectivity index (χ0n) is 4.18. The molecule has 0 aromatic heterocycles. The molecule has 0 saturated carbocycles. The second-order valence-electron chi connectivity index (χ2n) is 1.24. The lowest BCUT2D eigenvalue weighted by Gasteiger charge is -1.94. The average Bonchev–Trinajstić information content (AvgIpc) is 1.84. The molecule has 0 bridgehead atoms. The average molecular weight is 140 g/mol. The van der Waals surface area contributed by atoms with Crippen molar-refractivity contribution in [2.24, 2.45) is 0 Å². The van der Waals surface area contributed by atoms with Crippen molar-refractivity contribution in [2.45, 2.75) is 12.6 Å². The molecule has 0 aromatic carbocycles. The summed E-state index contributed by atoms with van der Waals surface area (Å²) in [6.07, 6.45) is -6.54. The van der Waals surface area contributed by atoms with Crippen molar-refractivity contribution in [1.82, 2.24) is 0 Å². The van der Waals surface area contributed by atoms with E-state index in [0.717, 1.165) is 0 Å². The van der Waals surface area contributed by atoms with Gasteiger partial charge in [0, 0.05) is 0 Å². The van der Waals surface area contributed by atoms with Crippen molar-refractivity contribution in [3.8, 4) is 0 Å². The van der Waals surface area contributed by atoms with Gasteiger partial charge in [0.2, 0.25) is 12.0 Å². The normalized spacial score (nSPS) is 13.3. The first-order valence-electron chi connectivity index (χ1n) is 2.01. The zero-order valence-corrected chi connectivity index (χ0v) is 4.18. The van der Waals surface area contributed by atoms with Crippen molar-refractivity contribution in [2.75, 3.05) is 0 Å². The van der Waals surface area contributed by atoms with Gasteiger partial charge in [0.1, 0.15) is 0 Å². The van der Waals surface area contributed by atoms with Gasteiger partial charge in [0.05, 0.1) is 0 Å². The van der Waals surface area contributed by atoms with Crippen molar-refractivity contribution in [3.63, 3.8) is 0 Å². The minimum Gasteiger partial charge on any atom is -0.300 e. The molecule has 0 aliphatic rings. The van der Waals surface area contributed by atoms with Crippen molar-refractivity contribution in [1.29, 1.82) is 0 Å². The van der Waals surface area contributed by atoms with Gasteiger partial charge < -0.3 is 0 Å². The van der Waals surface area contributed by atoms with Crippen LogP contribution in [-0.4, -0.2) is 24.7 Å². The van der Waals surface area contributed by atoms with Crippen molar-refractivity contribution >= 4 is 12.1 Å². The fourth-order valence-electron chi connectivity index (χ4n) is 0.187. The summed E-state index contributed by atoms with van der Waals surface area (Å²) in [7, 11) is 0. The highest BCUT2D eigenvalue weighted by molar-refractivity contribution is 5.97. The molecular weight excluding hydrogens is 137 g/mol. The molecule has 0 amide bonds. The molecule has 0 aliphatic heterocycles. The number of Topliss-reactive ketones (excluding diaryl/α,β-unsaturated/α-hetero) is 1. The molecule has 0 saturated heterocycles. The standard InChI is InChI=1S/C4H3F3O2/c5-2(1-8)3(9)4(6)7/h1-2,4H. The quantitative estimate of drug-likeness (QED) is 0.419. The van der Waals surface area contributed by atoms with E-state index in [0.29, 0.717) is 0 Å². The van der Waals surface area contributed by atoms with Crippen LogP contribution in [0.25, 0.3) is 0 Å². The number of carbonyl (C=O) groups excluding carboxylic acids is 2. The number of rotatable bonds is 3. The van der Waals surface area contributed by atoms with Gasteiger partial charge in [-0.25, -0.2) is 13.2 Å². The molecule has 52 valence electrons. The van der Waals surface area contributed by atoms with E-state index in [9.17, 15) is 22.8 Å². The third kappa shape index (κ3) is 2.25. The number of ketones is 1. The number of alkyl halides is 3.